The number of unbranched alkanes of at least 4 members (excludes halogenated alkanes) is 6. The molecule has 0 aliphatic heterocycles. The van der Waals surface area contributed by atoms with Gasteiger partial charge in [-0.3, -0.25) is 14.1 Å². The molecular weight excluding hydrogens is 418 g/mol. The Bertz CT molecular complexity index is 716. The molecule has 7 nitrogen and oxygen atoms in total. The van der Waals surface area contributed by atoms with Crippen molar-refractivity contribution in [2.75, 3.05) is 0 Å². The van der Waals surface area contributed by atoms with Gasteiger partial charge in [-0.05, 0) is 30.5 Å². The number of ether oxygens (including phenoxy) is 1. The van der Waals surface area contributed by atoms with Gasteiger partial charge < -0.3 is 12.7 Å². The smallest absolute Gasteiger partial charge is 1.00 e. The number of aliphatic carboxylic acids is 1. The second-order valence-electron chi connectivity index (χ2n) is 6.54. The fourth-order valence-corrected chi connectivity index (χ4v) is 3.31. The quantitative estimate of drug-likeness (QED) is 0.116. The van der Waals surface area contributed by atoms with Crippen LogP contribution in [0.3, 0.4) is 0 Å². The third-order valence-corrected chi connectivity index (χ3v) is 5.27. The number of benzene rings is 1. The summed E-state index contributed by atoms with van der Waals surface area (Å²) in [7, 11) is -4.87. The summed E-state index contributed by atoms with van der Waals surface area (Å²) in [5.41, 5.74) is 1.07. The van der Waals surface area contributed by atoms with E-state index >= 15 is 0 Å². The maximum atomic E-state index is 11.9. The number of rotatable bonds is 13. The number of carbonyl (C=O) groups excluding carboxylic acids is 1. The zero-order valence-electron chi connectivity index (χ0n) is 19.6. The third-order valence-electron chi connectivity index (χ3n) is 4.19. The van der Waals surface area contributed by atoms with E-state index in [1.807, 2.05) is 0 Å². The van der Waals surface area contributed by atoms with Crippen LogP contribution in [0.2, 0.25) is 0 Å². The van der Waals surface area contributed by atoms with E-state index in [0.717, 1.165) is 24.8 Å². The van der Waals surface area contributed by atoms with Crippen molar-refractivity contribution in [3.8, 4) is 5.75 Å². The molecule has 0 radical (unpaired) electrons. The van der Waals surface area contributed by atoms with Crippen molar-refractivity contribution in [2.24, 2.45) is 0 Å². The number of hydrogen-bond donors (Lipinski definition) is 2. The SMILES string of the molecule is CCCCCCCCCc1ccc(OC(=O)C(CC(=O)O)S(=O)(=O)O)cc1.[H-].[H-].[Na+].[Na+]. The molecule has 1 aromatic rings. The molecule has 1 unspecified atom stereocenters. The molecule has 1 atom stereocenters. The fourth-order valence-electron chi connectivity index (χ4n) is 2.66. The van der Waals surface area contributed by atoms with E-state index in [0.29, 0.717) is 0 Å². The molecule has 0 heterocycles. The minimum atomic E-state index is -4.87. The van der Waals surface area contributed by atoms with Crippen LogP contribution in [-0.4, -0.2) is 35.3 Å². The average molecular weight is 448 g/mol. The maximum absolute atomic E-state index is 11.9. The van der Waals surface area contributed by atoms with Crippen LogP contribution < -0.4 is 63.9 Å². The van der Waals surface area contributed by atoms with Gasteiger partial charge in [-0.25, -0.2) is 0 Å². The van der Waals surface area contributed by atoms with Gasteiger partial charge in [0, 0.05) is 0 Å². The molecule has 0 aliphatic rings. The average Bonchev–Trinajstić information content (AvgIpc) is 2.59. The van der Waals surface area contributed by atoms with E-state index in [-0.39, 0.29) is 67.7 Å². The van der Waals surface area contributed by atoms with Gasteiger partial charge in [-0.1, -0.05) is 57.6 Å². The van der Waals surface area contributed by atoms with E-state index in [1.54, 1.807) is 12.1 Å². The van der Waals surface area contributed by atoms with Gasteiger partial charge >= 0.3 is 71.1 Å². The van der Waals surface area contributed by atoms with Gasteiger partial charge in [0.05, 0.1) is 6.42 Å². The summed E-state index contributed by atoms with van der Waals surface area (Å²) in [5, 5.41) is 6.53. The van der Waals surface area contributed by atoms with Crippen molar-refractivity contribution in [3.63, 3.8) is 0 Å². The van der Waals surface area contributed by atoms with Crippen LogP contribution >= 0.6 is 0 Å². The minimum absolute atomic E-state index is 0. The maximum Gasteiger partial charge on any atom is 1.00 e. The number of carboxylic acids is 1. The van der Waals surface area contributed by atoms with E-state index in [9.17, 15) is 18.0 Å². The van der Waals surface area contributed by atoms with Crippen LogP contribution in [0.5, 0.6) is 5.75 Å². The predicted octanol–water partition coefficient (Wildman–Crippen LogP) is -2.15. The number of aryl methyl sites for hydroxylation is 1. The summed E-state index contributed by atoms with van der Waals surface area (Å²) in [6, 6.07) is 6.60. The Labute approximate surface area is 220 Å². The van der Waals surface area contributed by atoms with Crippen molar-refractivity contribution < 1.29 is 94.4 Å². The van der Waals surface area contributed by atoms with Crippen molar-refractivity contribution in [1.82, 2.24) is 0 Å². The second-order valence-corrected chi connectivity index (χ2v) is 8.14. The molecule has 0 saturated carbocycles. The van der Waals surface area contributed by atoms with Crippen molar-refractivity contribution in [1.29, 1.82) is 0 Å². The Morgan fingerprint density at radius 3 is 2.00 bits per heavy atom. The van der Waals surface area contributed by atoms with Gasteiger partial charge in [0.15, 0.2) is 5.25 Å². The first-order chi connectivity index (χ1) is 12.7. The van der Waals surface area contributed by atoms with E-state index in [1.165, 1.54) is 44.2 Å². The molecule has 0 saturated heterocycles. The molecule has 0 fully saturated rings. The first kappa shape index (κ1) is 31.3. The van der Waals surface area contributed by atoms with Crippen molar-refractivity contribution >= 4 is 22.1 Å². The van der Waals surface area contributed by atoms with Crippen LogP contribution in [0.1, 0.15) is 66.7 Å². The Kier molecular flexibility index (Phi) is 18.0. The molecule has 1 rings (SSSR count). The molecular formula is C19H30Na2O7S. The van der Waals surface area contributed by atoms with Gasteiger partial charge in [-0.2, -0.15) is 8.42 Å². The van der Waals surface area contributed by atoms with Crippen LogP contribution in [0.15, 0.2) is 24.3 Å². The summed E-state index contributed by atoms with van der Waals surface area (Å²) in [6.45, 7) is 2.19. The van der Waals surface area contributed by atoms with Crippen LogP contribution in [0.4, 0.5) is 0 Å². The Balaban J connectivity index is -0.000000911. The zero-order valence-corrected chi connectivity index (χ0v) is 22.4. The molecule has 0 spiro atoms. The number of hydrogen-bond acceptors (Lipinski definition) is 5. The number of carboxylic acid groups (broad SMARTS) is 1. The molecule has 0 bridgehead atoms. The molecule has 1 aromatic carbocycles. The zero-order chi connectivity index (χ0) is 20.3. The largest absolute Gasteiger partial charge is 1.00 e. The Morgan fingerprint density at radius 2 is 1.52 bits per heavy atom. The third kappa shape index (κ3) is 13.9. The Morgan fingerprint density at radius 1 is 1.00 bits per heavy atom. The summed E-state index contributed by atoms with van der Waals surface area (Å²) in [4.78, 5) is 22.5. The molecule has 10 heteroatoms. The van der Waals surface area contributed by atoms with Crippen molar-refractivity contribution in [2.45, 2.75) is 70.0 Å². The second kappa shape index (κ2) is 16.7. The summed E-state index contributed by atoms with van der Waals surface area (Å²) >= 11 is 0. The van der Waals surface area contributed by atoms with E-state index in [2.05, 4.69) is 6.92 Å². The normalized spacial score (nSPS) is 11.7. The van der Waals surface area contributed by atoms with E-state index in [4.69, 9.17) is 14.4 Å². The molecule has 0 aliphatic carbocycles. The van der Waals surface area contributed by atoms with Crippen LogP contribution in [0.25, 0.3) is 0 Å². The number of esters is 1. The predicted molar refractivity (Wildman–Crippen MR) is 104 cm³/mol. The summed E-state index contributed by atoms with van der Waals surface area (Å²) in [5.74, 6) is -2.75. The van der Waals surface area contributed by atoms with Crippen LogP contribution in [0, 0.1) is 0 Å². The molecule has 29 heavy (non-hydrogen) atoms. The van der Waals surface area contributed by atoms with Gasteiger partial charge in [-0.15, -0.1) is 0 Å². The topological polar surface area (TPSA) is 118 Å². The van der Waals surface area contributed by atoms with Gasteiger partial charge in [0.25, 0.3) is 10.1 Å². The summed E-state index contributed by atoms with van der Waals surface area (Å²) < 4.78 is 36.3. The first-order valence-corrected chi connectivity index (χ1v) is 10.7. The molecule has 0 amide bonds. The van der Waals surface area contributed by atoms with Gasteiger partial charge in [0.2, 0.25) is 0 Å². The molecule has 156 valence electrons. The van der Waals surface area contributed by atoms with Crippen molar-refractivity contribution in [3.05, 3.63) is 29.8 Å². The standard InChI is InChI=1S/C19H28O7S.2Na.2H/c1-2-3-4-5-6-7-8-9-15-10-12-16(13-11-15)26-19(22)17(14-18(20)21)27(23,24)25;;;;/h10-13,17H,2-9,14H2,1H3,(H,20,21)(H,23,24,25);;;;/q;2*+1;2*-1. The number of carbonyl (C=O) groups is 2. The van der Waals surface area contributed by atoms with E-state index < -0.39 is 33.7 Å². The molecule has 2 N–H and O–H groups in total. The first-order valence-electron chi connectivity index (χ1n) is 9.22. The molecule has 0 aromatic heterocycles. The monoisotopic (exact) mass is 448 g/mol. The van der Waals surface area contributed by atoms with Gasteiger partial charge in [0.1, 0.15) is 5.75 Å². The van der Waals surface area contributed by atoms with Crippen LogP contribution in [-0.2, 0) is 26.1 Å². The Hall–Kier alpha value is 0.0700. The minimum Gasteiger partial charge on any atom is -1.00 e. The fraction of sp³-hybridized carbons (Fsp3) is 0.579. The summed E-state index contributed by atoms with van der Waals surface area (Å²) in [6.07, 6.45) is 8.33.